The van der Waals surface area contributed by atoms with Gasteiger partial charge in [-0.1, -0.05) is 22.9 Å². The van der Waals surface area contributed by atoms with Gasteiger partial charge in [0.25, 0.3) is 5.56 Å². The number of fused-ring (bicyclic) bond motifs is 1. The Bertz CT molecular complexity index is 961. The molecule has 8 heteroatoms. The zero-order chi connectivity index (χ0) is 17.4. The van der Waals surface area contributed by atoms with Crippen molar-refractivity contribution in [2.45, 2.75) is 13.5 Å². The van der Waals surface area contributed by atoms with Crippen LogP contribution in [0, 0.1) is 0 Å². The molecule has 1 aliphatic rings. The minimum atomic E-state index is -0.0574. The quantitative estimate of drug-likeness (QED) is 0.704. The van der Waals surface area contributed by atoms with Crippen LogP contribution in [0.3, 0.4) is 0 Å². The van der Waals surface area contributed by atoms with Crippen LogP contribution in [0.5, 0.6) is 0 Å². The fraction of sp³-hybridized carbons (Fsp3) is 0.353. The highest BCUT2D eigenvalue weighted by Gasteiger charge is 2.21. The van der Waals surface area contributed by atoms with Gasteiger partial charge >= 0.3 is 0 Å². The average Bonchev–Trinajstić information content (AvgIpc) is 3.05. The second-order valence-electron chi connectivity index (χ2n) is 5.93. The number of thiazole rings is 1. The number of nitrogens with zero attached hydrogens (tertiary/aromatic N) is 5. The van der Waals surface area contributed by atoms with Crippen LogP contribution in [0.2, 0.25) is 5.02 Å². The summed E-state index contributed by atoms with van der Waals surface area (Å²) in [4.78, 5) is 20.9. The smallest absolute Gasteiger partial charge is 0.266 e. The van der Waals surface area contributed by atoms with Crippen LogP contribution in [-0.4, -0.2) is 40.9 Å². The van der Waals surface area contributed by atoms with E-state index >= 15 is 0 Å². The summed E-state index contributed by atoms with van der Waals surface area (Å²) in [6.07, 6.45) is 0. The number of aryl methyl sites for hydroxylation is 1. The summed E-state index contributed by atoms with van der Waals surface area (Å²) in [7, 11) is 0. The number of benzene rings is 1. The minimum Gasteiger partial charge on any atom is -0.352 e. The number of halogens is 1. The molecule has 0 radical (unpaired) electrons. The van der Waals surface area contributed by atoms with E-state index < -0.39 is 0 Å². The number of anilines is 2. The summed E-state index contributed by atoms with van der Waals surface area (Å²) in [5.41, 5.74) is 0.932. The molecule has 0 saturated carbocycles. The first-order valence-corrected chi connectivity index (χ1v) is 9.47. The standard InChI is InChI=1S/C17H18ClN5OS/c1-2-23-16(24)6-5-15(20-23)21-7-9-22(10-8-21)17-19-13-4-3-12(18)11-14(13)25-17/h3-6,11H,2,7-10H2,1H3. The second kappa shape index (κ2) is 6.65. The summed E-state index contributed by atoms with van der Waals surface area (Å²) >= 11 is 7.74. The molecule has 0 unspecified atom stereocenters. The van der Waals surface area contributed by atoms with Crippen LogP contribution in [0.4, 0.5) is 10.9 Å². The molecule has 1 aromatic carbocycles. The Balaban J connectivity index is 1.49. The van der Waals surface area contributed by atoms with Crippen molar-refractivity contribution in [3.05, 3.63) is 45.7 Å². The van der Waals surface area contributed by atoms with Gasteiger partial charge in [-0.2, -0.15) is 5.10 Å². The Morgan fingerprint density at radius 3 is 2.64 bits per heavy atom. The molecule has 0 bridgehead atoms. The molecular formula is C17H18ClN5OS. The van der Waals surface area contributed by atoms with E-state index in [0.717, 1.165) is 52.4 Å². The maximum absolute atomic E-state index is 11.7. The van der Waals surface area contributed by atoms with E-state index in [-0.39, 0.29) is 5.56 Å². The van der Waals surface area contributed by atoms with E-state index in [0.29, 0.717) is 6.54 Å². The van der Waals surface area contributed by atoms with Gasteiger partial charge in [0.2, 0.25) is 0 Å². The fourth-order valence-corrected chi connectivity index (χ4v) is 4.28. The molecule has 3 heterocycles. The number of hydrogen-bond donors (Lipinski definition) is 0. The zero-order valence-electron chi connectivity index (χ0n) is 13.9. The van der Waals surface area contributed by atoms with Gasteiger partial charge in [0.05, 0.1) is 10.2 Å². The van der Waals surface area contributed by atoms with Gasteiger partial charge in [0.1, 0.15) is 5.82 Å². The van der Waals surface area contributed by atoms with Crippen molar-refractivity contribution in [3.8, 4) is 0 Å². The Kier molecular flexibility index (Phi) is 4.35. The number of rotatable bonds is 3. The van der Waals surface area contributed by atoms with E-state index in [4.69, 9.17) is 16.6 Å². The van der Waals surface area contributed by atoms with Crippen molar-refractivity contribution in [2.24, 2.45) is 0 Å². The largest absolute Gasteiger partial charge is 0.352 e. The zero-order valence-corrected chi connectivity index (χ0v) is 15.4. The van der Waals surface area contributed by atoms with Gasteiger partial charge < -0.3 is 9.80 Å². The lowest BCUT2D eigenvalue weighted by Crippen LogP contribution is -2.47. The summed E-state index contributed by atoms with van der Waals surface area (Å²) in [5, 5.41) is 6.21. The summed E-state index contributed by atoms with van der Waals surface area (Å²) in [6.45, 7) is 5.97. The van der Waals surface area contributed by atoms with Crippen molar-refractivity contribution in [1.82, 2.24) is 14.8 Å². The molecule has 1 fully saturated rings. The van der Waals surface area contributed by atoms with Crippen LogP contribution in [0.15, 0.2) is 35.1 Å². The van der Waals surface area contributed by atoms with Gasteiger partial charge in [-0.25, -0.2) is 9.67 Å². The van der Waals surface area contributed by atoms with Gasteiger partial charge in [0.15, 0.2) is 5.13 Å². The van der Waals surface area contributed by atoms with E-state index in [2.05, 4.69) is 14.9 Å². The third kappa shape index (κ3) is 3.21. The second-order valence-corrected chi connectivity index (χ2v) is 7.37. The number of piperazine rings is 1. The molecule has 3 aromatic rings. The Morgan fingerprint density at radius 1 is 1.12 bits per heavy atom. The summed E-state index contributed by atoms with van der Waals surface area (Å²) < 4.78 is 2.61. The summed E-state index contributed by atoms with van der Waals surface area (Å²) in [5.74, 6) is 0.859. The first-order valence-electron chi connectivity index (χ1n) is 8.28. The van der Waals surface area contributed by atoms with E-state index in [9.17, 15) is 4.79 Å². The maximum atomic E-state index is 11.7. The molecule has 0 atom stereocenters. The topological polar surface area (TPSA) is 54.3 Å². The molecular weight excluding hydrogens is 358 g/mol. The molecule has 0 aliphatic carbocycles. The summed E-state index contributed by atoms with van der Waals surface area (Å²) in [6, 6.07) is 9.21. The Hall–Kier alpha value is -2.12. The van der Waals surface area contributed by atoms with Crippen LogP contribution in [-0.2, 0) is 6.54 Å². The van der Waals surface area contributed by atoms with Crippen LogP contribution in [0.1, 0.15) is 6.92 Å². The lowest BCUT2D eigenvalue weighted by atomic mass is 10.3. The van der Waals surface area contributed by atoms with E-state index in [1.54, 1.807) is 17.4 Å². The van der Waals surface area contributed by atoms with Crippen molar-refractivity contribution in [1.29, 1.82) is 0 Å². The lowest BCUT2D eigenvalue weighted by molar-refractivity contribution is 0.588. The minimum absolute atomic E-state index is 0.0574. The monoisotopic (exact) mass is 375 g/mol. The molecule has 0 spiro atoms. The van der Waals surface area contributed by atoms with Gasteiger partial charge in [-0.3, -0.25) is 4.79 Å². The number of aromatic nitrogens is 3. The first kappa shape index (κ1) is 16.4. The molecule has 4 rings (SSSR count). The molecule has 1 saturated heterocycles. The fourth-order valence-electron chi connectivity index (χ4n) is 2.98. The van der Waals surface area contributed by atoms with Gasteiger partial charge in [-0.15, -0.1) is 0 Å². The first-order chi connectivity index (χ1) is 12.1. The highest BCUT2D eigenvalue weighted by molar-refractivity contribution is 7.22. The third-order valence-electron chi connectivity index (χ3n) is 4.37. The highest BCUT2D eigenvalue weighted by atomic mass is 35.5. The predicted octanol–water partition coefficient (Wildman–Crippen LogP) is 2.85. The Morgan fingerprint density at radius 2 is 1.88 bits per heavy atom. The van der Waals surface area contributed by atoms with E-state index in [1.807, 2.05) is 31.2 Å². The lowest BCUT2D eigenvalue weighted by Gasteiger charge is -2.35. The van der Waals surface area contributed by atoms with Crippen molar-refractivity contribution in [3.63, 3.8) is 0 Å². The SMILES string of the molecule is CCn1nc(N2CCN(c3nc4ccc(Cl)cc4s3)CC2)ccc1=O. The maximum Gasteiger partial charge on any atom is 0.266 e. The molecule has 6 nitrogen and oxygen atoms in total. The van der Waals surface area contributed by atoms with Gasteiger partial charge in [-0.05, 0) is 31.2 Å². The molecule has 0 N–H and O–H groups in total. The molecule has 1 aliphatic heterocycles. The molecule has 25 heavy (non-hydrogen) atoms. The molecule has 2 aromatic heterocycles. The van der Waals surface area contributed by atoms with E-state index in [1.165, 1.54) is 4.68 Å². The van der Waals surface area contributed by atoms with Crippen molar-refractivity contribution in [2.75, 3.05) is 36.0 Å². The molecule has 130 valence electrons. The molecule has 0 amide bonds. The van der Waals surface area contributed by atoms with Crippen LogP contribution < -0.4 is 15.4 Å². The average molecular weight is 376 g/mol. The normalized spacial score (nSPS) is 15.1. The van der Waals surface area contributed by atoms with Crippen LogP contribution >= 0.6 is 22.9 Å². The van der Waals surface area contributed by atoms with Crippen molar-refractivity contribution >= 4 is 44.1 Å². The highest BCUT2D eigenvalue weighted by Crippen LogP contribution is 2.31. The third-order valence-corrected chi connectivity index (χ3v) is 5.68. The Labute approximate surface area is 154 Å². The predicted molar refractivity (Wildman–Crippen MR) is 103 cm³/mol. The van der Waals surface area contributed by atoms with Gasteiger partial charge in [0, 0.05) is 43.8 Å². The number of hydrogen-bond acceptors (Lipinski definition) is 6. The van der Waals surface area contributed by atoms with Crippen LogP contribution in [0.25, 0.3) is 10.2 Å². The van der Waals surface area contributed by atoms with Crippen molar-refractivity contribution < 1.29 is 0 Å².